The Bertz CT molecular complexity index is 613. The van der Waals surface area contributed by atoms with Crippen LogP contribution in [0.1, 0.15) is 26.7 Å². The molecule has 0 radical (unpaired) electrons. The monoisotopic (exact) mass is 285 g/mol. The molecule has 21 heavy (non-hydrogen) atoms. The summed E-state index contributed by atoms with van der Waals surface area (Å²) in [5, 5.41) is 14.4. The van der Waals surface area contributed by atoms with Gasteiger partial charge in [0.15, 0.2) is 5.82 Å². The van der Waals surface area contributed by atoms with Gasteiger partial charge in [-0.25, -0.2) is 0 Å². The molecule has 0 bridgehead atoms. The zero-order valence-electron chi connectivity index (χ0n) is 12.2. The summed E-state index contributed by atoms with van der Waals surface area (Å²) in [6, 6.07) is 8.28. The van der Waals surface area contributed by atoms with E-state index in [1.165, 1.54) is 12.8 Å². The molecule has 3 rings (SSSR count). The Morgan fingerprint density at radius 2 is 2.05 bits per heavy atom. The third-order valence-electron chi connectivity index (χ3n) is 2.98. The lowest BCUT2D eigenvalue weighted by Crippen LogP contribution is -2.09. The fourth-order valence-electron chi connectivity index (χ4n) is 1.90. The maximum atomic E-state index is 5.78. The van der Waals surface area contributed by atoms with Gasteiger partial charge in [0.2, 0.25) is 5.95 Å². The van der Waals surface area contributed by atoms with Gasteiger partial charge in [-0.3, -0.25) is 0 Å². The standard InChI is InChI=1S/C15H19N5O/c1-10(2)21-13-6-4-3-5-12(13)18-14-9-16-20-15(19-14)17-11-7-8-11/h3-6,9-11H,7-8H2,1-2H3,(H2,17,18,19,20). The minimum atomic E-state index is 0.114. The van der Waals surface area contributed by atoms with Crippen LogP contribution in [0.5, 0.6) is 5.75 Å². The van der Waals surface area contributed by atoms with Crippen molar-refractivity contribution in [3.63, 3.8) is 0 Å². The molecule has 1 aliphatic carbocycles. The first-order valence-corrected chi connectivity index (χ1v) is 7.19. The summed E-state index contributed by atoms with van der Waals surface area (Å²) in [6.07, 6.45) is 4.06. The number of benzene rings is 1. The third kappa shape index (κ3) is 3.81. The van der Waals surface area contributed by atoms with E-state index in [1.54, 1.807) is 6.20 Å². The molecule has 1 fully saturated rings. The molecular weight excluding hydrogens is 266 g/mol. The molecule has 110 valence electrons. The van der Waals surface area contributed by atoms with Crippen LogP contribution in [0.15, 0.2) is 30.5 Å². The molecule has 0 atom stereocenters. The first-order valence-electron chi connectivity index (χ1n) is 7.19. The smallest absolute Gasteiger partial charge is 0.244 e. The molecule has 1 aromatic heterocycles. The van der Waals surface area contributed by atoms with Crippen LogP contribution in [-0.4, -0.2) is 27.3 Å². The first-order chi connectivity index (χ1) is 10.2. The summed E-state index contributed by atoms with van der Waals surface area (Å²) in [6.45, 7) is 4.00. The lowest BCUT2D eigenvalue weighted by molar-refractivity contribution is 0.244. The van der Waals surface area contributed by atoms with Crippen LogP contribution >= 0.6 is 0 Å². The largest absolute Gasteiger partial charge is 0.489 e. The van der Waals surface area contributed by atoms with E-state index >= 15 is 0 Å². The van der Waals surface area contributed by atoms with Gasteiger partial charge < -0.3 is 15.4 Å². The highest BCUT2D eigenvalue weighted by atomic mass is 16.5. The second kappa shape index (κ2) is 5.95. The highest BCUT2D eigenvalue weighted by Gasteiger charge is 2.22. The number of nitrogens with zero attached hydrogens (tertiary/aromatic N) is 3. The Kier molecular flexibility index (Phi) is 3.85. The summed E-state index contributed by atoms with van der Waals surface area (Å²) in [5.74, 6) is 2.00. The molecule has 2 aromatic rings. The lowest BCUT2D eigenvalue weighted by Gasteiger charge is -2.15. The van der Waals surface area contributed by atoms with E-state index in [0.29, 0.717) is 17.8 Å². The Morgan fingerprint density at radius 1 is 1.24 bits per heavy atom. The number of hydrogen-bond donors (Lipinski definition) is 2. The molecule has 0 unspecified atom stereocenters. The second-order valence-corrected chi connectivity index (χ2v) is 5.37. The summed E-state index contributed by atoms with van der Waals surface area (Å²) < 4.78 is 5.78. The maximum absolute atomic E-state index is 5.78. The van der Waals surface area contributed by atoms with Crippen molar-refractivity contribution in [1.29, 1.82) is 0 Å². The predicted octanol–water partition coefficient (Wildman–Crippen LogP) is 2.98. The van der Waals surface area contributed by atoms with E-state index in [9.17, 15) is 0 Å². The zero-order valence-corrected chi connectivity index (χ0v) is 12.2. The number of para-hydroxylation sites is 2. The van der Waals surface area contributed by atoms with Gasteiger partial charge in [0.05, 0.1) is 18.0 Å². The minimum absolute atomic E-state index is 0.114. The van der Waals surface area contributed by atoms with Crippen LogP contribution in [0.25, 0.3) is 0 Å². The zero-order chi connectivity index (χ0) is 14.7. The summed E-state index contributed by atoms with van der Waals surface area (Å²) in [4.78, 5) is 4.42. The molecule has 0 aliphatic heterocycles. The van der Waals surface area contributed by atoms with Crippen LogP contribution in [-0.2, 0) is 0 Å². The third-order valence-corrected chi connectivity index (χ3v) is 2.98. The fourth-order valence-corrected chi connectivity index (χ4v) is 1.90. The molecule has 0 spiro atoms. The lowest BCUT2D eigenvalue weighted by atomic mass is 10.3. The number of hydrogen-bond acceptors (Lipinski definition) is 6. The number of anilines is 3. The highest BCUT2D eigenvalue weighted by Crippen LogP contribution is 2.28. The molecule has 0 saturated heterocycles. The van der Waals surface area contributed by atoms with Gasteiger partial charge in [-0.2, -0.15) is 10.1 Å². The van der Waals surface area contributed by atoms with Crippen molar-refractivity contribution in [2.24, 2.45) is 0 Å². The van der Waals surface area contributed by atoms with Crippen molar-refractivity contribution in [1.82, 2.24) is 15.2 Å². The molecule has 1 saturated carbocycles. The Morgan fingerprint density at radius 3 is 2.81 bits per heavy atom. The second-order valence-electron chi connectivity index (χ2n) is 5.37. The van der Waals surface area contributed by atoms with Crippen molar-refractivity contribution < 1.29 is 4.74 Å². The fraction of sp³-hybridized carbons (Fsp3) is 0.400. The predicted molar refractivity (Wildman–Crippen MR) is 82.0 cm³/mol. The van der Waals surface area contributed by atoms with Gasteiger partial charge in [-0.1, -0.05) is 12.1 Å². The molecule has 6 nitrogen and oxygen atoms in total. The van der Waals surface area contributed by atoms with Gasteiger partial charge >= 0.3 is 0 Å². The number of rotatable bonds is 6. The Balaban J connectivity index is 1.76. The van der Waals surface area contributed by atoms with Crippen molar-refractivity contribution in [3.05, 3.63) is 30.5 Å². The van der Waals surface area contributed by atoms with E-state index in [4.69, 9.17) is 4.74 Å². The molecule has 6 heteroatoms. The maximum Gasteiger partial charge on any atom is 0.244 e. The molecule has 1 heterocycles. The average Bonchev–Trinajstić information content (AvgIpc) is 3.25. The quantitative estimate of drug-likeness (QED) is 0.850. The van der Waals surface area contributed by atoms with Gasteiger partial charge in [-0.05, 0) is 38.8 Å². The van der Waals surface area contributed by atoms with Gasteiger partial charge in [0.1, 0.15) is 5.75 Å². The van der Waals surface area contributed by atoms with Crippen LogP contribution in [0.4, 0.5) is 17.5 Å². The first kappa shape index (κ1) is 13.6. The van der Waals surface area contributed by atoms with E-state index < -0.39 is 0 Å². The SMILES string of the molecule is CC(C)Oc1ccccc1Nc1cnnc(NC2CC2)n1. The van der Waals surface area contributed by atoms with E-state index in [0.717, 1.165) is 11.4 Å². The topological polar surface area (TPSA) is 72.0 Å². The van der Waals surface area contributed by atoms with E-state index in [-0.39, 0.29) is 6.10 Å². The van der Waals surface area contributed by atoms with Crippen molar-refractivity contribution in [3.8, 4) is 5.75 Å². The average molecular weight is 285 g/mol. The molecule has 0 amide bonds. The van der Waals surface area contributed by atoms with Crippen molar-refractivity contribution in [2.75, 3.05) is 10.6 Å². The molecule has 1 aromatic carbocycles. The van der Waals surface area contributed by atoms with Gasteiger partial charge in [-0.15, -0.1) is 5.10 Å². The summed E-state index contributed by atoms with van der Waals surface area (Å²) in [7, 11) is 0. The number of ether oxygens (including phenoxy) is 1. The van der Waals surface area contributed by atoms with E-state index in [1.807, 2.05) is 38.1 Å². The van der Waals surface area contributed by atoms with Crippen molar-refractivity contribution in [2.45, 2.75) is 38.8 Å². The molecule has 2 N–H and O–H groups in total. The van der Waals surface area contributed by atoms with Crippen LogP contribution in [0.2, 0.25) is 0 Å². The van der Waals surface area contributed by atoms with Crippen LogP contribution < -0.4 is 15.4 Å². The Hall–Kier alpha value is -2.37. The Labute approximate surface area is 124 Å². The number of aromatic nitrogens is 3. The summed E-state index contributed by atoms with van der Waals surface area (Å²) >= 11 is 0. The molecular formula is C15H19N5O. The normalized spacial score (nSPS) is 14.0. The van der Waals surface area contributed by atoms with Crippen LogP contribution in [0.3, 0.4) is 0 Å². The summed E-state index contributed by atoms with van der Waals surface area (Å²) in [5.41, 5.74) is 0.865. The molecule has 1 aliphatic rings. The van der Waals surface area contributed by atoms with Gasteiger partial charge in [0.25, 0.3) is 0 Å². The highest BCUT2D eigenvalue weighted by molar-refractivity contribution is 5.64. The van der Waals surface area contributed by atoms with Gasteiger partial charge in [0, 0.05) is 6.04 Å². The minimum Gasteiger partial charge on any atom is -0.489 e. The van der Waals surface area contributed by atoms with Crippen LogP contribution in [0, 0.1) is 0 Å². The van der Waals surface area contributed by atoms with Crippen molar-refractivity contribution >= 4 is 17.5 Å². The van der Waals surface area contributed by atoms with E-state index in [2.05, 4.69) is 25.8 Å². The number of nitrogens with one attached hydrogen (secondary N) is 2.